The summed E-state index contributed by atoms with van der Waals surface area (Å²) in [4.78, 5) is 11.4. The quantitative estimate of drug-likeness (QED) is 0.802. The van der Waals surface area contributed by atoms with E-state index in [1.165, 1.54) is 7.11 Å². The summed E-state index contributed by atoms with van der Waals surface area (Å²) in [7, 11) is 1.32. The van der Waals surface area contributed by atoms with Crippen molar-refractivity contribution in [2.45, 2.75) is 6.92 Å². The van der Waals surface area contributed by atoms with Crippen LogP contribution in [0.4, 0.5) is 0 Å². The summed E-state index contributed by atoms with van der Waals surface area (Å²) < 4.78 is 10.1. The number of hydrogen-bond donors (Lipinski definition) is 1. The van der Waals surface area contributed by atoms with Gasteiger partial charge in [-0.05, 0) is 0 Å². The van der Waals surface area contributed by atoms with Gasteiger partial charge in [0.05, 0.1) is 0 Å². The molecule has 0 aliphatic carbocycles. The number of phenols is 1. The van der Waals surface area contributed by atoms with Crippen molar-refractivity contribution in [3.8, 4) is 17.0 Å². The Morgan fingerprint density at radius 3 is 2.88 bits per heavy atom. The fourth-order valence-electron chi connectivity index (χ4n) is 1.60. The van der Waals surface area contributed by atoms with Crippen LogP contribution in [0.1, 0.15) is 16.0 Å². The van der Waals surface area contributed by atoms with Crippen LogP contribution >= 0.6 is 0 Å². The van der Waals surface area contributed by atoms with E-state index in [4.69, 9.17) is 4.42 Å². The average Bonchev–Trinajstić information content (AvgIpc) is 2.70. The second kappa shape index (κ2) is 4.45. The zero-order chi connectivity index (χ0) is 12.4. The fourth-order valence-corrected chi connectivity index (χ4v) is 1.60. The second-order valence-corrected chi connectivity index (χ2v) is 3.62. The Kier molecular flexibility index (Phi) is 3.00. The molecule has 0 aliphatic heterocycles. The molecule has 0 radical (unpaired) electrons. The van der Waals surface area contributed by atoms with E-state index in [-0.39, 0.29) is 5.75 Å². The van der Waals surface area contributed by atoms with Gasteiger partial charge < -0.3 is 0 Å². The molecule has 17 heavy (non-hydrogen) atoms. The van der Waals surface area contributed by atoms with Gasteiger partial charge in [-0.3, -0.25) is 0 Å². The molecule has 5 heteroatoms. The van der Waals surface area contributed by atoms with E-state index in [1.807, 2.05) is 0 Å². The Labute approximate surface area is 99.0 Å². The van der Waals surface area contributed by atoms with Crippen molar-refractivity contribution < 1.29 is 19.1 Å². The number of carbonyl (C=O) groups is 1. The van der Waals surface area contributed by atoms with Crippen molar-refractivity contribution in [2.75, 3.05) is 7.11 Å². The Bertz CT molecular complexity index is 559. The molecular formula is C12H11BO4. The van der Waals surface area contributed by atoms with Crippen LogP contribution in [0.15, 0.2) is 28.7 Å². The normalized spacial score (nSPS) is 10.0. The maximum atomic E-state index is 11.4. The monoisotopic (exact) mass is 230 g/mol. The first kappa shape index (κ1) is 11.5. The van der Waals surface area contributed by atoms with Gasteiger partial charge in [0.1, 0.15) is 0 Å². The minimum absolute atomic E-state index is 0.149. The summed E-state index contributed by atoms with van der Waals surface area (Å²) in [5, 5.41) is 9.37. The molecule has 0 saturated carbocycles. The molecule has 4 nitrogen and oxygen atoms in total. The summed E-state index contributed by atoms with van der Waals surface area (Å²) >= 11 is 0. The number of ether oxygens (including phenoxy) is 1. The number of carbonyl (C=O) groups excluding carboxylic acids is 1. The number of aryl methyl sites for hydroxylation is 1. The molecule has 0 unspecified atom stereocenters. The zero-order valence-electron chi connectivity index (χ0n) is 9.56. The molecule has 0 aliphatic rings. The molecule has 1 aromatic carbocycles. The van der Waals surface area contributed by atoms with Gasteiger partial charge in [0.25, 0.3) is 0 Å². The molecular weight excluding hydrogens is 219 g/mol. The number of aromatic hydroxyl groups is 1. The molecule has 0 saturated heterocycles. The van der Waals surface area contributed by atoms with Gasteiger partial charge in [-0.25, -0.2) is 0 Å². The Balaban J connectivity index is 2.44. The summed E-state index contributed by atoms with van der Waals surface area (Å²) in [6.45, 7) is 3.30. The third-order valence-electron chi connectivity index (χ3n) is 2.45. The Hall–Kier alpha value is -2.04. The van der Waals surface area contributed by atoms with Crippen LogP contribution in [0, 0.1) is 6.92 Å². The predicted octanol–water partition coefficient (Wildman–Crippen LogP) is 2.09. The molecule has 2 aromatic rings. The summed E-state index contributed by atoms with van der Waals surface area (Å²) in [5.74, 6) is 0.212. The van der Waals surface area contributed by atoms with Crippen LogP contribution in [0.2, 0.25) is 0 Å². The third kappa shape index (κ3) is 2.23. The number of rotatable bonds is 2. The van der Waals surface area contributed by atoms with Crippen molar-refractivity contribution in [1.82, 2.24) is 0 Å². The number of hydrogen-bond acceptors (Lipinski definition) is 4. The number of esters is 1. The van der Waals surface area contributed by atoms with E-state index in [2.05, 4.69) is 4.74 Å². The summed E-state index contributed by atoms with van der Waals surface area (Å²) in [6, 6.07) is 6.64. The van der Waals surface area contributed by atoms with E-state index < -0.39 is 5.97 Å². The van der Waals surface area contributed by atoms with Crippen molar-refractivity contribution in [2.24, 2.45) is 0 Å². The summed E-state index contributed by atoms with van der Waals surface area (Å²) in [6.07, 6.45) is 0. The van der Waals surface area contributed by atoms with Crippen LogP contribution in [0.3, 0.4) is 0 Å². The number of methoxy groups -OCH3 is 1. The first-order valence-electron chi connectivity index (χ1n) is 5.10. The molecule has 1 heterocycles. The standard InChI is InChI=1S/C12H11BO4/c1-7-10(12(15)16-2)13-11(17-7)8-4-3-5-9(14)6-8/h3-6,14H,1-2H3. The van der Waals surface area contributed by atoms with Gasteiger partial charge in [-0.15, -0.1) is 0 Å². The van der Waals surface area contributed by atoms with Crippen molar-refractivity contribution in [1.29, 1.82) is 0 Å². The van der Waals surface area contributed by atoms with Gasteiger partial charge in [-0.1, -0.05) is 0 Å². The van der Waals surface area contributed by atoms with Crippen LogP contribution in [-0.4, -0.2) is 25.1 Å². The molecule has 0 bridgehead atoms. The molecule has 2 rings (SSSR count). The van der Waals surface area contributed by atoms with Crippen LogP contribution < -0.4 is 0 Å². The van der Waals surface area contributed by atoms with Crippen LogP contribution in [0.25, 0.3) is 11.2 Å². The van der Waals surface area contributed by atoms with Crippen molar-refractivity contribution >= 4 is 12.9 Å². The van der Waals surface area contributed by atoms with Gasteiger partial charge in [0.2, 0.25) is 0 Å². The van der Waals surface area contributed by atoms with Gasteiger partial charge >= 0.3 is 98.4 Å². The third-order valence-corrected chi connectivity index (χ3v) is 2.45. The van der Waals surface area contributed by atoms with Gasteiger partial charge in [-0.2, -0.15) is 0 Å². The maximum absolute atomic E-state index is 11.4. The zero-order valence-corrected chi connectivity index (χ0v) is 9.56. The Morgan fingerprint density at radius 1 is 1.47 bits per heavy atom. The van der Waals surface area contributed by atoms with E-state index in [0.29, 0.717) is 22.4 Å². The minimum atomic E-state index is -0.433. The average molecular weight is 230 g/mol. The first-order chi connectivity index (χ1) is 8.11. The van der Waals surface area contributed by atoms with E-state index in [1.54, 1.807) is 38.1 Å². The Morgan fingerprint density at radius 2 is 2.24 bits per heavy atom. The molecule has 0 amide bonds. The molecule has 1 N–H and O–H groups in total. The van der Waals surface area contributed by atoms with E-state index in [9.17, 15) is 9.90 Å². The predicted molar refractivity (Wildman–Crippen MR) is 63.2 cm³/mol. The van der Waals surface area contributed by atoms with Crippen LogP contribution in [0.5, 0.6) is 5.75 Å². The topological polar surface area (TPSA) is 59.7 Å². The second-order valence-electron chi connectivity index (χ2n) is 3.62. The molecule has 0 fully saturated rings. The number of benzene rings is 1. The van der Waals surface area contributed by atoms with Gasteiger partial charge in [0.15, 0.2) is 0 Å². The van der Waals surface area contributed by atoms with Crippen molar-refractivity contribution in [3.05, 3.63) is 35.5 Å². The number of phenolic OH excluding ortho intramolecular Hbond substituents is 1. The SMILES string of the molecule is COC(=O)c1bc(-c2cccc(O)c2)oc1C. The summed E-state index contributed by atoms with van der Waals surface area (Å²) in [5.41, 5.74) is 1.63. The van der Waals surface area contributed by atoms with Gasteiger partial charge in [0, 0.05) is 0 Å². The molecule has 86 valence electrons. The van der Waals surface area contributed by atoms with E-state index in [0.717, 1.165) is 0 Å². The first-order valence-corrected chi connectivity index (χ1v) is 5.10. The fraction of sp³-hybridized carbons (Fsp3) is 0.167. The molecule has 1 aromatic heterocycles. The van der Waals surface area contributed by atoms with Crippen LogP contribution in [-0.2, 0) is 4.74 Å². The van der Waals surface area contributed by atoms with E-state index >= 15 is 0 Å². The molecule has 0 atom stereocenters. The molecule has 0 spiro atoms. The van der Waals surface area contributed by atoms with Crippen molar-refractivity contribution in [3.63, 3.8) is 0 Å².